The van der Waals surface area contributed by atoms with Crippen molar-refractivity contribution in [1.82, 2.24) is 10.2 Å². The van der Waals surface area contributed by atoms with Crippen molar-refractivity contribution in [3.63, 3.8) is 0 Å². The van der Waals surface area contributed by atoms with Crippen LogP contribution >= 0.6 is 0 Å². The van der Waals surface area contributed by atoms with E-state index in [1.54, 1.807) is 0 Å². The highest BCUT2D eigenvalue weighted by Gasteiger charge is 2.19. The van der Waals surface area contributed by atoms with Gasteiger partial charge in [0.2, 0.25) is 5.91 Å². The van der Waals surface area contributed by atoms with Crippen LogP contribution in [-0.2, 0) is 4.79 Å². The summed E-state index contributed by atoms with van der Waals surface area (Å²) in [6.07, 6.45) is 2.01. The van der Waals surface area contributed by atoms with E-state index in [-0.39, 0.29) is 18.6 Å². The molecule has 0 aromatic heterocycles. The number of amides is 1. The lowest BCUT2D eigenvalue weighted by atomic mass is 10.1. The average Bonchev–Trinajstić information content (AvgIpc) is 2.30. The first kappa shape index (κ1) is 17.4. The fourth-order valence-electron chi connectivity index (χ4n) is 1.97. The van der Waals surface area contributed by atoms with Crippen LogP contribution in [0.4, 0.5) is 0 Å². The lowest BCUT2D eigenvalue weighted by Gasteiger charge is -2.30. The maximum Gasteiger partial charge on any atom is 0.234 e. The van der Waals surface area contributed by atoms with Crippen molar-refractivity contribution in [2.75, 3.05) is 19.7 Å². The Hall–Kier alpha value is -0.610. The van der Waals surface area contributed by atoms with E-state index in [0.29, 0.717) is 25.0 Å². The number of rotatable bonds is 9. The smallest absolute Gasteiger partial charge is 0.234 e. The highest BCUT2D eigenvalue weighted by atomic mass is 16.3. The Balaban J connectivity index is 4.35. The first-order chi connectivity index (χ1) is 8.46. The summed E-state index contributed by atoms with van der Waals surface area (Å²) in [4.78, 5) is 14.0. The Bertz CT molecular complexity index is 228. The normalized spacial score (nSPS) is 13.4. The predicted molar refractivity (Wildman–Crippen MR) is 75.5 cm³/mol. The number of hydrogen-bond acceptors (Lipinski definition) is 3. The van der Waals surface area contributed by atoms with Gasteiger partial charge in [-0.2, -0.15) is 0 Å². The molecule has 1 unspecified atom stereocenters. The lowest BCUT2D eigenvalue weighted by molar-refractivity contribution is -0.123. The van der Waals surface area contributed by atoms with Gasteiger partial charge in [0.05, 0.1) is 13.2 Å². The summed E-state index contributed by atoms with van der Waals surface area (Å²) in [7, 11) is 0. The van der Waals surface area contributed by atoms with Gasteiger partial charge >= 0.3 is 0 Å². The molecule has 0 aliphatic carbocycles. The van der Waals surface area contributed by atoms with Gasteiger partial charge in [0.15, 0.2) is 0 Å². The van der Waals surface area contributed by atoms with E-state index in [4.69, 9.17) is 5.11 Å². The molecule has 0 radical (unpaired) electrons. The molecule has 0 bridgehead atoms. The van der Waals surface area contributed by atoms with Crippen molar-refractivity contribution in [1.29, 1.82) is 0 Å². The summed E-state index contributed by atoms with van der Waals surface area (Å²) >= 11 is 0. The summed E-state index contributed by atoms with van der Waals surface area (Å²) in [6, 6.07) is 0.562. The zero-order valence-corrected chi connectivity index (χ0v) is 12.6. The highest BCUT2D eigenvalue weighted by Crippen LogP contribution is 2.08. The van der Waals surface area contributed by atoms with E-state index in [1.165, 1.54) is 0 Å². The molecule has 4 nitrogen and oxygen atoms in total. The van der Waals surface area contributed by atoms with Crippen LogP contribution in [-0.4, -0.2) is 47.7 Å². The molecule has 0 saturated heterocycles. The molecule has 0 aromatic rings. The maximum absolute atomic E-state index is 11.9. The second kappa shape index (κ2) is 9.34. The summed E-state index contributed by atoms with van der Waals surface area (Å²) in [6.45, 7) is 11.5. The van der Waals surface area contributed by atoms with Crippen molar-refractivity contribution in [3.8, 4) is 0 Å². The number of carbonyl (C=O) groups excluding carboxylic acids is 1. The molecule has 18 heavy (non-hydrogen) atoms. The van der Waals surface area contributed by atoms with Gasteiger partial charge in [0.25, 0.3) is 0 Å². The van der Waals surface area contributed by atoms with Gasteiger partial charge in [-0.1, -0.05) is 27.7 Å². The third-order valence-corrected chi connectivity index (χ3v) is 3.58. The lowest BCUT2D eigenvalue weighted by Crippen LogP contribution is -2.46. The topological polar surface area (TPSA) is 52.6 Å². The van der Waals surface area contributed by atoms with Crippen molar-refractivity contribution in [2.24, 2.45) is 5.92 Å². The summed E-state index contributed by atoms with van der Waals surface area (Å²) < 4.78 is 0. The summed E-state index contributed by atoms with van der Waals surface area (Å²) in [5, 5.41) is 12.1. The van der Waals surface area contributed by atoms with Gasteiger partial charge in [0, 0.05) is 18.6 Å². The zero-order valence-electron chi connectivity index (χ0n) is 12.6. The molecule has 0 spiro atoms. The monoisotopic (exact) mass is 258 g/mol. The van der Waals surface area contributed by atoms with E-state index in [9.17, 15) is 4.79 Å². The molecule has 0 aliphatic rings. The Morgan fingerprint density at radius 2 is 1.78 bits per heavy atom. The number of aliphatic hydroxyl groups excluding tert-OH is 1. The second-order valence-electron chi connectivity index (χ2n) is 5.26. The first-order valence-corrected chi connectivity index (χ1v) is 7.10. The van der Waals surface area contributed by atoms with Crippen molar-refractivity contribution in [2.45, 2.75) is 59.5 Å². The van der Waals surface area contributed by atoms with Gasteiger partial charge in [0.1, 0.15) is 0 Å². The molecular weight excluding hydrogens is 228 g/mol. The van der Waals surface area contributed by atoms with Gasteiger partial charge < -0.3 is 10.4 Å². The minimum absolute atomic E-state index is 0.0524. The quantitative estimate of drug-likeness (QED) is 0.661. The van der Waals surface area contributed by atoms with E-state index in [2.05, 4.69) is 37.9 Å². The maximum atomic E-state index is 11.9. The molecule has 1 atom stereocenters. The molecule has 0 heterocycles. The molecule has 0 saturated carbocycles. The van der Waals surface area contributed by atoms with E-state index < -0.39 is 0 Å². The summed E-state index contributed by atoms with van der Waals surface area (Å²) in [5.41, 5.74) is 0. The second-order valence-corrected chi connectivity index (χ2v) is 5.26. The predicted octanol–water partition coefficient (Wildman–Crippen LogP) is 1.63. The minimum Gasteiger partial charge on any atom is -0.395 e. The van der Waals surface area contributed by atoms with Crippen LogP contribution in [0, 0.1) is 5.92 Å². The Kier molecular flexibility index (Phi) is 9.02. The Morgan fingerprint density at radius 3 is 2.17 bits per heavy atom. The number of carbonyl (C=O) groups is 1. The van der Waals surface area contributed by atoms with Gasteiger partial charge in [-0.05, 0) is 25.7 Å². The Morgan fingerprint density at radius 1 is 1.22 bits per heavy atom. The van der Waals surface area contributed by atoms with Crippen LogP contribution < -0.4 is 5.32 Å². The van der Waals surface area contributed by atoms with Crippen LogP contribution in [0.3, 0.4) is 0 Å². The molecule has 1 amide bonds. The molecule has 2 N–H and O–H groups in total. The van der Waals surface area contributed by atoms with Crippen LogP contribution in [0.2, 0.25) is 0 Å². The standard InChI is InChI=1S/C14H30N2O2/c1-6-13(7-2)16(8-9-17)10-14(18)15-12(5)11(3)4/h11-13,17H,6-10H2,1-5H3,(H,15,18). The zero-order chi connectivity index (χ0) is 14.1. The molecule has 0 rings (SSSR count). The van der Waals surface area contributed by atoms with Crippen LogP contribution in [0.15, 0.2) is 0 Å². The fraction of sp³-hybridized carbons (Fsp3) is 0.929. The van der Waals surface area contributed by atoms with Crippen LogP contribution in [0.5, 0.6) is 0 Å². The highest BCUT2D eigenvalue weighted by molar-refractivity contribution is 5.78. The molecular formula is C14H30N2O2. The van der Waals surface area contributed by atoms with Crippen molar-refractivity contribution in [3.05, 3.63) is 0 Å². The fourth-order valence-corrected chi connectivity index (χ4v) is 1.97. The number of hydrogen-bond donors (Lipinski definition) is 2. The van der Waals surface area contributed by atoms with Crippen LogP contribution in [0.25, 0.3) is 0 Å². The SMILES string of the molecule is CCC(CC)N(CCO)CC(=O)NC(C)C(C)C. The largest absolute Gasteiger partial charge is 0.395 e. The van der Waals surface area contributed by atoms with Crippen molar-refractivity contribution < 1.29 is 9.90 Å². The number of nitrogens with zero attached hydrogens (tertiary/aromatic N) is 1. The average molecular weight is 258 g/mol. The molecule has 0 aliphatic heterocycles. The number of nitrogens with one attached hydrogen (secondary N) is 1. The molecule has 4 heteroatoms. The molecule has 108 valence electrons. The third kappa shape index (κ3) is 6.36. The van der Waals surface area contributed by atoms with Gasteiger partial charge in [-0.15, -0.1) is 0 Å². The summed E-state index contributed by atoms with van der Waals surface area (Å²) in [5.74, 6) is 0.491. The van der Waals surface area contributed by atoms with Crippen molar-refractivity contribution >= 4 is 5.91 Å². The van der Waals surface area contributed by atoms with E-state index in [0.717, 1.165) is 12.8 Å². The number of aliphatic hydroxyl groups is 1. The van der Waals surface area contributed by atoms with Gasteiger partial charge in [-0.25, -0.2) is 0 Å². The van der Waals surface area contributed by atoms with Gasteiger partial charge in [-0.3, -0.25) is 9.69 Å². The van der Waals surface area contributed by atoms with E-state index >= 15 is 0 Å². The van der Waals surface area contributed by atoms with Crippen LogP contribution in [0.1, 0.15) is 47.5 Å². The Labute approximate surface area is 112 Å². The van der Waals surface area contributed by atoms with E-state index in [1.807, 2.05) is 6.92 Å². The molecule has 0 fully saturated rings. The first-order valence-electron chi connectivity index (χ1n) is 7.10. The minimum atomic E-state index is 0.0524. The molecule has 0 aromatic carbocycles. The third-order valence-electron chi connectivity index (χ3n) is 3.58.